The predicted molar refractivity (Wildman–Crippen MR) is 103 cm³/mol. The third kappa shape index (κ3) is 5.33. The topological polar surface area (TPSA) is 12.9 Å². The van der Waals surface area contributed by atoms with Crippen molar-refractivity contribution in [2.45, 2.75) is 64.7 Å². The van der Waals surface area contributed by atoms with Gasteiger partial charge in [0, 0.05) is 5.56 Å². The van der Waals surface area contributed by atoms with Crippen LogP contribution in [0, 0.1) is 29.5 Å². The molecule has 1 nitrogen and oxygen atoms in total. The van der Waals surface area contributed by atoms with Crippen molar-refractivity contribution in [2.24, 2.45) is 11.8 Å². The average Bonchev–Trinajstić information content (AvgIpc) is 2.69. The summed E-state index contributed by atoms with van der Waals surface area (Å²) in [5.41, 5.74) is 1.70. The zero-order valence-electron chi connectivity index (χ0n) is 16.0. The summed E-state index contributed by atoms with van der Waals surface area (Å²) in [6.45, 7) is 2.26. The van der Waals surface area contributed by atoms with Gasteiger partial charge >= 0.3 is 0 Å². The van der Waals surface area contributed by atoms with Crippen molar-refractivity contribution in [1.29, 1.82) is 0 Å². The molecule has 3 rings (SSSR count). The summed E-state index contributed by atoms with van der Waals surface area (Å²) in [4.78, 5) is 2.99. The number of aryl methyl sites for hydroxylation is 1. The molecule has 1 aromatic carbocycles. The highest BCUT2D eigenvalue weighted by Crippen LogP contribution is 2.34. The molecule has 2 aromatic rings. The molecule has 0 bridgehead atoms. The molecule has 0 atom stereocenters. The fourth-order valence-corrected chi connectivity index (χ4v) is 4.17. The molecule has 0 unspecified atom stereocenters. The van der Waals surface area contributed by atoms with Gasteiger partial charge < -0.3 is 0 Å². The molecule has 1 saturated carbocycles. The van der Waals surface area contributed by atoms with E-state index >= 15 is 0 Å². The van der Waals surface area contributed by atoms with Crippen LogP contribution < -0.4 is 0 Å². The Balaban J connectivity index is 1.52. The highest BCUT2D eigenvalue weighted by Gasteiger charge is 2.20. The fourth-order valence-electron chi connectivity index (χ4n) is 4.17. The van der Waals surface area contributed by atoms with Crippen LogP contribution in [0.25, 0.3) is 11.1 Å². The SMILES string of the molecule is CCCC[C@H]1CC[C@H](CCc2ccc(-c3cc(F)c(F)nc3F)cc2)CC1. The predicted octanol–water partition coefficient (Wildman–Crippen LogP) is 7.10. The molecule has 0 radical (unpaired) electrons. The van der Waals surface area contributed by atoms with Crippen LogP contribution in [0.5, 0.6) is 0 Å². The van der Waals surface area contributed by atoms with E-state index in [0.717, 1.165) is 24.3 Å². The number of halogens is 3. The standard InChI is InChI=1S/C23H28F3N/c1-2-3-4-16-5-7-17(8-6-16)9-10-18-11-13-19(14-12-18)20-15-21(24)23(26)27-22(20)25/h11-17H,2-10H2,1H3/t16-,17-. The van der Waals surface area contributed by atoms with E-state index in [1.807, 2.05) is 12.1 Å². The second kappa shape index (κ2) is 9.38. The first-order valence-corrected chi connectivity index (χ1v) is 10.2. The maximum Gasteiger partial charge on any atom is 0.251 e. The van der Waals surface area contributed by atoms with Gasteiger partial charge in [0.1, 0.15) is 0 Å². The molecule has 4 heteroatoms. The zero-order chi connectivity index (χ0) is 19.2. The number of benzene rings is 1. The molecule has 0 spiro atoms. The smallest absolute Gasteiger partial charge is 0.202 e. The largest absolute Gasteiger partial charge is 0.251 e. The van der Waals surface area contributed by atoms with Gasteiger partial charge in [0.15, 0.2) is 5.82 Å². The van der Waals surface area contributed by atoms with Gasteiger partial charge in [-0.1, -0.05) is 76.1 Å². The Morgan fingerprint density at radius 3 is 2.15 bits per heavy atom. The summed E-state index contributed by atoms with van der Waals surface area (Å²) in [6.07, 6.45) is 11.6. The number of hydrogen-bond donors (Lipinski definition) is 0. The first kappa shape index (κ1) is 19.9. The second-order valence-electron chi connectivity index (χ2n) is 7.86. The number of hydrogen-bond acceptors (Lipinski definition) is 1. The summed E-state index contributed by atoms with van der Waals surface area (Å²) < 4.78 is 40.1. The summed E-state index contributed by atoms with van der Waals surface area (Å²) >= 11 is 0. The Bertz CT molecular complexity index is 734. The van der Waals surface area contributed by atoms with Gasteiger partial charge in [-0.3, -0.25) is 0 Å². The lowest BCUT2D eigenvalue weighted by molar-refractivity contribution is 0.250. The van der Waals surface area contributed by atoms with Crippen LogP contribution in [-0.2, 0) is 6.42 Å². The summed E-state index contributed by atoms with van der Waals surface area (Å²) in [5.74, 6) is -1.79. The van der Waals surface area contributed by atoms with Gasteiger partial charge in [-0.25, -0.2) is 4.39 Å². The Morgan fingerprint density at radius 1 is 0.889 bits per heavy atom. The van der Waals surface area contributed by atoms with Crippen LogP contribution in [0.3, 0.4) is 0 Å². The van der Waals surface area contributed by atoms with Gasteiger partial charge in [0.05, 0.1) is 0 Å². The van der Waals surface area contributed by atoms with E-state index in [1.165, 1.54) is 56.9 Å². The maximum absolute atomic E-state index is 13.8. The van der Waals surface area contributed by atoms with E-state index in [9.17, 15) is 13.2 Å². The summed E-state index contributed by atoms with van der Waals surface area (Å²) in [7, 11) is 0. The molecule has 27 heavy (non-hydrogen) atoms. The van der Waals surface area contributed by atoms with Crippen molar-refractivity contribution < 1.29 is 13.2 Å². The number of nitrogens with zero attached hydrogens (tertiary/aromatic N) is 1. The summed E-state index contributed by atoms with van der Waals surface area (Å²) in [6, 6.07) is 8.28. The van der Waals surface area contributed by atoms with Crippen LogP contribution in [0.4, 0.5) is 13.2 Å². The molecule has 1 aliphatic carbocycles. The number of aromatic nitrogens is 1. The molecular weight excluding hydrogens is 347 g/mol. The van der Waals surface area contributed by atoms with Crippen molar-refractivity contribution in [3.05, 3.63) is 53.6 Å². The zero-order valence-corrected chi connectivity index (χ0v) is 16.0. The second-order valence-corrected chi connectivity index (χ2v) is 7.86. The van der Waals surface area contributed by atoms with E-state index < -0.39 is 17.7 Å². The van der Waals surface area contributed by atoms with E-state index in [-0.39, 0.29) is 5.56 Å². The Hall–Kier alpha value is -1.84. The molecule has 1 heterocycles. The molecule has 146 valence electrons. The Morgan fingerprint density at radius 2 is 1.52 bits per heavy atom. The van der Waals surface area contributed by atoms with Crippen molar-refractivity contribution >= 4 is 0 Å². The normalized spacial score (nSPS) is 20.0. The highest BCUT2D eigenvalue weighted by molar-refractivity contribution is 5.63. The third-order valence-electron chi connectivity index (χ3n) is 5.93. The molecule has 0 aliphatic heterocycles. The molecule has 1 aliphatic rings. The molecular formula is C23H28F3N. The molecule has 1 fully saturated rings. The van der Waals surface area contributed by atoms with E-state index in [2.05, 4.69) is 11.9 Å². The van der Waals surface area contributed by atoms with Gasteiger partial charge in [0.25, 0.3) is 5.95 Å². The van der Waals surface area contributed by atoms with Crippen LogP contribution >= 0.6 is 0 Å². The van der Waals surface area contributed by atoms with E-state index in [1.54, 1.807) is 12.1 Å². The van der Waals surface area contributed by atoms with Crippen LogP contribution in [0.1, 0.15) is 63.9 Å². The molecule has 0 N–H and O–H groups in total. The van der Waals surface area contributed by atoms with Gasteiger partial charge in [-0.15, -0.1) is 0 Å². The first-order valence-electron chi connectivity index (χ1n) is 10.2. The summed E-state index contributed by atoms with van der Waals surface area (Å²) in [5, 5.41) is 0. The van der Waals surface area contributed by atoms with Crippen molar-refractivity contribution in [2.75, 3.05) is 0 Å². The lowest BCUT2D eigenvalue weighted by Gasteiger charge is -2.28. The Kier molecular flexibility index (Phi) is 6.92. The molecule has 0 saturated heterocycles. The molecule has 1 aromatic heterocycles. The molecule has 0 amide bonds. The van der Waals surface area contributed by atoms with Crippen LogP contribution in [0.2, 0.25) is 0 Å². The van der Waals surface area contributed by atoms with Crippen LogP contribution in [0.15, 0.2) is 30.3 Å². The van der Waals surface area contributed by atoms with Crippen molar-refractivity contribution in [3.63, 3.8) is 0 Å². The van der Waals surface area contributed by atoms with Crippen LogP contribution in [-0.4, -0.2) is 4.98 Å². The number of rotatable bonds is 7. The lowest BCUT2D eigenvalue weighted by Crippen LogP contribution is -2.15. The van der Waals surface area contributed by atoms with Crippen molar-refractivity contribution in [3.8, 4) is 11.1 Å². The van der Waals surface area contributed by atoms with E-state index in [0.29, 0.717) is 5.56 Å². The van der Waals surface area contributed by atoms with Crippen molar-refractivity contribution in [1.82, 2.24) is 4.98 Å². The Labute approximate surface area is 160 Å². The van der Waals surface area contributed by atoms with Gasteiger partial charge in [0.2, 0.25) is 5.95 Å². The highest BCUT2D eigenvalue weighted by atomic mass is 19.2. The van der Waals surface area contributed by atoms with Gasteiger partial charge in [-0.05, 0) is 41.9 Å². The monoisotopic (exact) mass is 375 g/mol. The average molecular weight is 375 g/mol. The van der Waals surface area contributed by atoms with E-state index in [4.69, 9.17) is 0 Å². The number of pyridine rings is 1. The third-order valence-corrected chi connectivity index (χ3v) is 5.93. The minimum atomic E-state index is -1.41. The first-order chi connectivity index (χ1) is 13.1. The maximum atomic E-state index is 13.8. The minimum Gasteiger partial charge on any atom is -0.202 e. The quantitative estimate of drug-likeness (QED) is 0.471. The minimum absolute atomic E-state index is 0.00847. The lowest BCUT2D eigenvalue weighted by atomic mass is 9.78. The fraction of sp³-hybridized carbons (Fsp3) is 0.522. The van der Waals surface area contributed by atoms with Gasteiger partial charge in [-0.2, -0.15) is 13.8 Å². The number of unbranched alkanes of at least 4 members (excludes halogenated alkanes) is 1.